The van der Waals surface area contributed by atoms with Crippen LogP contribution in [0.4, 0.5) is 5.69 Å². The molecule has 0 bridgehead atoms. The first-order valence-corrected chi connectivity index (χ1v) is 14.1. The number of imide groups is 1. The van der Waals surface area contributed by atoms with Crippen LogP contribution in [-0.4, -0.2) is 28.5 Å². The van der Waals surface area contributed by atoms with Crippen molar-refractivity contribution in [1.29, 1.82) is 0 Å². The number of hydrogen-bond donors (Lipinski definition) is 1. The maximum atomic E-state index is 13.9. The lowest BCUT2D eigenvalue weighted by molar-refractivity contribution is -0.123. The molecule has 0 aromatic heterocycles. The van der Waals surface area contributed by atoms with Gasteiger partial charge in [0, 0.05) is 38.2 Å². The summed E-state index contributed by atoms with van der Waals surface area (Å²) in [5, 5.41) is 11.3. The quantitative estimate of drug-likeness (QED) is 0.240. The second kappa shape index (κ2) is 9.14. The van der Waals surface area contributed by atoms with Crippen LogP contribution >= 0.6 is 43.5 Å². The van der Waals surface area contributed by atoms with Gasteiger partial charge < -0.3 is 5.11 Å². The Balaban J connectivity index is 1.50. The van der Waals surface area contributed by atoms with Crippen LogP contribution in [0.3, 0.4) is 0 Å². The van der Waals surface area contributed by atoms with Gasteiger partial charge in [0.25, 0.3) is 0 Å². The van der Waals surface area contributed by atoms with Gasteiger partial charge in [-0.15, -0.1) is 0 Å². The molecule has 4 aliphatic rings. The van der Waals surface area contributed by atoms with Crippen molar-refractivity contribution in [2.24, 2.45) is 17.8 Å². The Kier molecular flexibility index (Phi) is 6.13. The standard InChI is InChI=1S/C29H20Br2ClNO5/c1-12-2-4-14(9-21(12)32)33-28(37)16-6-5-15-17(25(16)29(33)38)10-19-26(23(35)11-20(31)27(19)36)24(15)18-8-13(30)3-7-22(18)34/h2-5,7-9,11,16-17,24-25,34H,6,10H2,1H3. The number of phenolic OH excluding ortho intramolecular Hbond substituents is 1. The number of hydrogen-bond acceptors (Lipinski definition) is 5. The molecule has 3 aliphatic carbocycles. The first-order chi connectivity index (χ1) is 18.1. The molecule has 9 heteroatoms. The Bertz CT molecular complexity index is 1590. The predicted octanol–water partition coefficient (Wildman–Crippen LogP) is 6.08. The smallest absolute Gasteiger partial charge is 0.238 e. The number of nitrogens with zero attached hydrogens (tertiary/aromatic N) is 1. The number of phenols is 1. The fourth-order valence-electron chi connectivity index (χ4n) is 6.29. The third kappa shape index (κ3) is 3.72. The van der Waals surface area contributed by atoms with Crippen molar-refractivity contribution in [2.45, 2.75) is 25.7 Å². The summed E-state index contributed by atoms with van der Waals surface area (Å²) in [7, 11) is 0. The molecule has 6 nitrogen and oxygen atoms in total. The van der Waals surface area contributed by atoms with Crippen molar-refractivity contribution in [3.63, 3.8) is 0 Å². The van der Waals surface area contributed by atoms with Crippen molar-refractivity contribution < 1.29 is 24.3 Å². The van der Waals surface area contributed by atoms with Crippen LogP contribution in [-0.2, 0) is 19.2 Å². The normalized spacial score (nSPS) is 26.7. The highest BCUT2D eigenvalue weighted by Crippen LogP contribution is 2.56. The number of ketones is 2. The van der Waals surface area contributed by atoms with E-state index < -0.39 is 23.7 Å². The molecule has 2 amide bonds. The van der Waals surface area contributed by atoms with Gasteiger partial charge in [0.2, 0.25) is 11.8 Å². The number of anilines is 1. The molecule has 2 aromatic carbocycles. The first-order valence-electron chi connectivity index (χ1n) is 12.1. The second-order valence-electron chi connectivity index (χ2n) is 10.0. The SMILES string of the molecule is Cc1ccc(N2C(=O)C3CC=C4C(c5cc(Br)ccc5O)C5=C(CC4C3C2=O)C(=O)C(Br)=CC5=O)cc1Cl. The molecule has 1 fully saturated rings. The third-order valence-corrected chi connectivity index (χ3v) is 9.53. The number of Topliss-reactive ketones (excluding diaryl/α,β-unsaturated/α-hetero) is 1. The molecule has 6 rings (SSSR count). The molecule has 1 aliphatic heterocycles. The molecule has 1 N–H and O–H groups in total. The largest absolute Gasteiger partial charge is 0.508 e. The lowest BCUT2D eigenvalue weighted by Gasteiger charge is -2.42. The van der Waals surface area contributed by atoms with Crippen molar-refractivity contribution in [1.82, 2.24) is 0 Å². The van der Waals surface area contributed by atoms with E-state index in [1.165, 1.54) is 17.0 Å². The van der Waals surface area contributed by atoms with E-state index in [-0.39, 0.29) is 40.0 Å². The maximum Gasteiger partial charge on any atom is 0.238 e. The van der Waals surface area contributed by atoms with Crippen LogP contribution in [0.5, 0.6) is 5.75 Å². The Hall–Kier alpha value is -2.81. The highest BCUT2D eigenvalue weighted by molar-refractivity contribution is 9.12. The van der Waals surface area contributed by atoms with E-state index in [9.17, 15) is 24.3 Å². The molecule has 38 heavy (non-hydrogen) atoms. The summed E-state index contributed by atoms with van der Waals surface area (Å²) in [6.45, 7) is 1.84. The Labute approximate surface area is 240 Å². The van der Waals surface area contributed by atoms with Gasteiger partial charge in [-0.2, -0.15) is 0 Å². The molecule has 0 radical (unpaired) electrons. The number of benzene rings is 2. The van der Waals surface area contributed by atoms with E-state index in [4.69, 9.17) is 11.6 Å². The van der Waals surface area contributed by atoms with Gasteiger partial charge in [-0.25, -0.2) is 4.90 Å². The lowest BCUT2D eigenvalue weighted by Crippen LogP contribution is -2.39. The molecule has 4 atom stereocenters. The van der Waals surface area contributed by atoms with Crippen LogP contribution < -0.4 is 4.90 Å². The summed E-state index contributed by atoms with van der Waals surface area (Å²) in [6, 6.07) is 10.0. The van der Waals surface area contributed by atoms with Crippen LogP contribution in [0.25, 0.3) is 0 Å². The van der Waals surface area contributed by atoms with Gasteiger partial charge in [0.15, 0.2) is 11.6 Å². The van der Waals surface area contributed by atoms with E-state index in [0.717, 1.165) is 11.1 Å². The van der Waals surface area contributed by atoms with Crippen LogP contribution in [0.2, 0.25) is 5.02 Å². The lowest BCUT2D eigenvalue weighted by atomic mass is 9.59. The van der Waals surface area contributed by atoms with Crippen molar-refractivity contribution in [2.75, 3.05) is 4.90 Å². The topological polar surface area (TPSA) is 91.8 Å². The van der Waals surface area contributed by atoms with Crippen LogP contribution in [0.1, 0.15) is 29.9 Å². The van der Waals surface area contributed by atoms with Crippen LogP contribution in [0.15, 0.2) is 74.2 Å². The highest BCUT2D eigenvalue weighted by Gasteiger charge is 2.57. The fourth-order valence-corrected chi connectivity index (χ4v) is 7.29. The zero-order valence-corrected chi connectivity index (χ0v) is 23.9. The number of aromatic hydroxyl groups is 1. The second-order valence-corrected chi connectivity index (χ2v) is 12.2. The zero-order valence-electron chi connectivity index (χ0n) is 20.0. The number of halogens is 3. The average Bonchev–Trinajstić information content (AvgIpc) is 3.14. The summed E-state index contributed by atoms with van der Waals surface area (Å²) >= 11 is 13.0. The van der Waals surface area contributed by atoms with Gasteiger partial charge in [-0.1, -0.05) is 45.2 Å². The number of allylic oxidation sites excluding steroid dienone is 6. The minimum Gasteiger partial charge on any atom is -0.508 e. The third-order valence-electron chi connectivity index (χ3n) is 8.05. The summed E-state index contributed by atoms with van der Waals surface area (Å²) in [5.74, 6) is -3.82. The van der Waals surface area contributed by atoms with Crippen molar-refractivity contribution >= 4 is 72.5 Å². The Morgan fingerprint density at radius 3 is 2.50 bits per heavy atom. The van der Waals surface area contributed by atoms with Gasteiger partial charge in [-0.05, 0) is 77.5 Å². The van der Waals surface area contributed by atoms with E-state index >= 15 is 0 Å². The summed E-state index contributed by atoms with van der Waals surface area (Å²) in [5.41, 5.74) is 3.11. The van der Waals surface area contributed by atoms with Gasteiger partial charge in [0.1, 0.15) is 5.75 Å². The van der Waals surface area contributed by atoms with E-state index in [0.29, 0.717) is 38.3 Å². The van der Waals surface area contributed by atoms with Crippen molar-refractivity contribution in [3.05, 3.63) is 90.4 Å². The zero-order chi connectivity index (χ0) is 27.0. The van der Waals surface area contributed by atoms with E-state index in [1.54, 1.807) is 30.3 Å². The molecule has 0 saturated carbocycles. The summed E-state index contributed by atoms with van der Waals surface area (Å²) in [4.78, 5) is 55.3. The van der Waals surface area contributed by atoms with Gasteiger partial charge in [-0.3, -0.25) is 19.2 Å². The molecular weight excluding hydrogens is 638 g/mol. The number of fused-ring (bicyclic) bond motifs is 3. The predicted molar refractivity (Wildman–Crippen MR) is 149 cm³/mol. The van der Waals surface area contributed by atoms with Gasteiger partial charge >= 0.3 is 0 Å². The number of rotatable bonds is 2. The molecule has 2 aromatic rings. The maximum absolute atomic E-state index is 13.9. The number of amides is 2. The molecule has 1 heterocycles. The minimum atomic E-state index is -0.721. The highest BCUT2D eigenvalue weighted by atomic mass is 79.9. The van der Waals surface area contributed by atoms with Crippen molar-refractivity contribution in [3.8, 4) is 5.75 Å². The summed E-state index contributed by atoms with van der Waals surface area (Å²) in [6.07, 6.45) is 3.65. The first kappa shape index (κ1) is 25.5. The minimum absolute atomic E-state index is 0.0210. The number of aryl methyl sites for hydroxylation is 1. The number of carbonyl (C=O) groups is 4. The monoisotopic (exact) mass is 655 g/mol. The summed E-state index contributed by atoms with van der Waals surface area (Å²) < 4.78 is 0.854. The Morgan fingerprint density at radius 1 is 1.00 bits per heavy atom. The molecular formula is C29H20Br2ClNO5. The average molecular weight is 658 g/mol. The molecule has 0 spiro atoms. The number of carbonyl (C=O) groups excluding carboxylic acids is 4. The molecule has 1 saturated heterocycles. The van der Waals surface area contributed by atoms with Crippen LogP contribution in [0, 0.1) is 24.7 Å². The van der Waals surface area contributed by atoms with Gasteiger partial charge in [0.05, 0.1) is 22.0 Å². The fraction of sp³-hybridized carbons (Fsp3) is 0.241. The van der Waals surface area contributed by atoms with E-state index in [1.807, 2.05) is 13.0 Å². The Morgan fingerprint density at radius 2 is 1.76 bits per heavy atom. The molecule has 192 valence electrons. The molecule has 4 unspecified atom stereocenters. The van der Waals surface area contributed by atoms with E-state index in [2.05, 4.69) is 31.9 Å².